The summed E-state index contributed by atoms with van der Waals surface area (Å²) in [6, 6.07) is -0.0892. The zero-order valence-electron chi connectivity index (χ0n) is 9.19. The molecule has 1 saturated carbocycles. The second-order valence-corrected chi connectivity index (χ2v) is 4.74. The first-order valence-corrected chi connectivity index (χ1v) is 5.85. The summed E-state index contributed by atoms with van der Waals surface area (Å²) < 4.78 is 0. The van der Waals surface area contributed by atoms with E-state index in [1.54, 1.807) is 12.2 Å². The quantitative estimate of drug-likeness (QED) is 0.706. The number of nitrogens with one attached hydrogen (secondary N) is 1. The fourth-order valence-electron chi connectivity index (χ4n) is 2.21. The fourth-order valence-corrected chi connectivity index (χ4v) is 2.21. The molecule has 0 spiro atoms. The van der Waals surface area contributed by atoms with Crippen molar-refractivity contribution in [3.63, 3.8) is 0 Å². The van der Waals surface area contributed by atoms with E-state index in [-0.39, 0.29) is 11.9 Å². The Hall–Kier alpha value is -1.32. The fraction of sp³-hybridized carbons (Fsp3) is 0.667. The first-order valence-electron chi connectivity index (χ1n) is 5.85. The van der Waals surface area contributed by atoms with Crippen LogP contribution in [0.15, 0.2) is 12.2 Å². The zero-order valence-corrected chi connectivity index (χ0v) is 9.19. The number of carbonyl (C=O) groups is 2. The second-order valence-electron chi connectivity index (χ2n) is 4.74. The van der Waals surface area contributed by atoms with Crippen LogP contribution in [0.5, 0.6) is 0 Å². The maximum absolute atomic E-state index is 11.6. The summed E-state index contributed by atoms with van der Waals surface area (Å²) in [5, 5.41) is 11.7. The van der Waals surface area contributed by atoms with Gasteiger partial charge in [0.15, 0.2) is 0 Å². The number of amides is 1. The average molecular weight is 223 g/mol. The maximum atomic E-state index is 11.6. The molecule has 0 aromatic carbocycles. The van der Waals surface area contributed by atoms with E-state index in [4.69, 9.17) is 5.11 Å². The Morgan fingerprint density at radius 3 is 2.56 bits per heavy atom. The lowest BCUT2D eigenvalue weighted by Crippen LogP contribution is -2.35. The van der Waals surface area contributed by atoms with Crippen molar-refractivity contribution in [3.8, 4) is 0 Å². The normalized spacial score (nSPS) is 28.8. The molecule has 2 N–H and O–H groups in total. The molecule has 1 fully saturated rings. The molecule has 2 unspecified atom stereocenters. The van der Waals surface area contributed by atoms with Crippen LogP contribution in [0.3, 0.4) is 0 Å². The molecule has 2 aliphatic rings. The molecular formula is C12H17NO3. The van der Waals surface area contributed by atoms with E-state index in [1.165, 1.54) is 6.42 Å². The average Bonchev–Trinajstić information content (AvgIpc) is 2.60. The van der Waals surface area contributed by atoms with Gasteiger partial charge in [0.25, 0.3) is 0 Å². The molecule has 2 atom stereocenters. The van der Waals surface area contributed by atoms with Gasteiger partial charge in [0.05, 0.1) is 5.92 Å². The Labute approximate surface area is 94.7 Å². The Bertz CT molecular complexity index is 320. The highest BCUT2D eigenvalue weighted by Crippen LogP contribution is 2.29. The van der Waals surface area contributed by atoms with Gasteiger partial charge in [-0.2, -0.15) is 0 Å². The number of rotatable bonds is 4. The van der Waals surface area contributed by atoms with Crippen LogP contribution in [0, 0.1) is 11.8 Å². The molecule has 2 aliphatic carbocycles. The van der Waals surface area contributed by atoms with Crippen LogP contribution < -0.4 is 5.32 Å². The molecule has 16 heavy (non-hydrogen) atoms. The zero-order chi connectivity index (χ0) is 11.5. The number of hydrogen-bond acceptors (Lipinski definition) is 2. The van der Waals surface area contributed by atoms with Gasteiger partial charge >= 0.3 is 5.97 Å². The summed E-state index contributed by atoms with van der Waals surface area (Å²) in [6.07, 6.45) is 8.10. The third-order valence-corrected chi connectivity index (χ3v) is 3.45. The number of carboxylic acids is 1. The van der Waals surface area contributed by atoms with Crippen molar-refractivity contribution in [2.75, 3.05) is 0 Å². The monoisotopic (exact) mass is 223 g/mol. The smallest absolute Gasteiger partial charge is 0.310 e. The van der Waals surface area contributed by atoms with Gasteiger partial charge < -0.3 is 10.4 Å². The summed E-state index contributed by atoms with van der Waals surface area (Å²) in [6.45, 7) is 0. The second kappa shape index (κ2) is 4.68. The van der Waals surface area contributed by atoms with E-state index in [0.717, 1.165) is 12.8 Å². The standard InChI is InChI=1S/C12H17NO3/c14-11(6-8-2-1-3-8)13-10-5-4-9(7-10)12(15)16/h4-5,8-10H,1-3,6-7H2,(H,13,14)(H,15,16). The van der Waals surface area contributed by atoms with Crippen LogP contribution in [-0.2, 0) is 9.59 Å². The van der Waals surface area contributed by atoms with Gasteiger partial charge in [-0.05, 0) is 25.2 Å². The number of aliphatic carboxylic acids is 1. The molecule has 0 heterocycles. The molecule has 2 rings (SSSR count). The number of hydrogen-bond donors (Lipinski definition) is 2. The third-order valence-electron chi connectivity index (χ3n) is 3.45. The van der Waals surface area contributed by atoms with E-state index in [2.05, 4.69) is 5.32 Å². The van der Waals surface area contributed by atoms with Crippen molar-refractivity contribution in [2.45, 2.75) is 38.1 Å². The molecule has 1 amide bonds. The van der Waals surface area contributed by atoms with Gasteiger partial charge in [0, 0.05) is 12.5 Å². The minimum Gasteiger partial charge on any atom is -0.481 e. The number of carbonyl (C=O) groups excluding carboxylic acids is 1. The molecule has 0 bridgehead atoms. The van der Waals surface area contributed by atoms with E-state index in [9.17, 15) is 9.59 Å². The van der Waals surface area contributed by atoms with Gasteiger partial charge in [0.1, 0.15) is 0 Å². The summed E-state index contributed by atoms with van der Waals surface area (Å²) in [4.78, 5) is 22.3. The topological polar surface area (TPSA) is 66.4 Å². The summed E-state index contributed by atoms with van der Waals surface area (Å²) >= 11 is 0. The minimum absolute atomic E-state index is 0.0605. The molecule has 4 heteroatoms. The van der Waals surface area contributed by atoms with Gasteiger partial charge in [-0.1, -0.05) is 18.6 Å². The largest absolute Gasteiger partial charge is 0.481 e. The van der Waals surface area contributed by atoms with Crippen molar-refractivity contribution in [2.24, 2.45) is 11.8 Å². The Balaban J connectivity index is 1.72. The predicted octanol–water partition coefficient (Wildman–Crippen LogP) is 1.32. The van der Waals surface area contributed by atoms with Gasteiger partial charge in [-0.3, -0.25) is 9.59 Å². The molecule has 0 aliphatic heterocycles. The molecule has 0 radical (unpaired) electrons. The Kier molecular flexibility index (Phi) is 3.27. The third kappa shape index (κ3) is 2.62. The van der Waals surface area contributed by atoms with Crippen LogP contribution in [0.25, 0.3) is 0 Å². The molecule has 88 valence electrons. The lowest BCUT2D eigenvalue weighted by Gasteiger charge is -2.25. The Morgan fingerprint density at radius 1 is 1.31 bits per heavy atom. The van der Waals surface area contributed by atoms with E-state index in [1.807, 2.05) is 0 Å². The lowest BCUT2D eigenvalue weighted by atomic mass is 9.83. The highest BCUT2D eigenvalue weighted by Gasteiger charge is 2.26. The minimum atomic E-state index is -0.813. The van der Waals surface area contributed by atoms with E-state index in [0.29, 0.717) is 18.8 Å². The Morgan fingerprint density at radius 2 is 2.06 bits per heavy atom. The van der Waals surface area contributed by atoms with Crippen LogP contribution in [0.4, 0.5) is 0 Å². The predicted molar refractivity (Wildman–Crippen MR) is 58.8 cm³/mol. The van der Waals surface area contributed by atoms with Crippen molar-refractivity contribution in [1.82, 2.24) is 5.32 Å². The lowest BCUT2D eigenvalue weighted by molar-refractivity contribution is -0.140. The van der Waals surface area contributed by atoms with Gasteiger partial charge in [-0.15, -0.1) is 0 Å². The summed E-state index contributed by atoms with van der Waals surface area (Å²) in [5.41, 5.74) is 0. The van der Waals surface area contributed by atoms with Crippen LogP contribution in [0.1, 0.15) is 32.1 Å². The van der Waals surface area contributed by atoms with Gasteiger partial charge in [-0.25, -0.2) is 0 Å². The summed E-state index contributed by atoms with van der Waals surface area (Å²) in [7, 11) is 0. The highest BCUT2D eigenvalue weighted by molar-refractivity contribution is 5.78. The van der Waals surface area contributed by atoms with E-state index >= 15 is 0 Å². The van der Waals surface area contributed by atoms with Crippen LogP contribution in [0.2, 0.25) is 0 Å². The molecule has 0 aromatic rings. The molecule has 4 nitrogen and oxygen atoms in total. The van der Waals surface area contributed by atoms with Crippen molar-refractivity contribution in [3.05, 3.63) is 12.2 Å². The van der Waals surface area contributed by atoms with Crippen molar-refractivity contribution >= 4 is 11.9 Å². The van der Waals surface area contributed by atoms with Crippen LogP contribution in [-0.4, -0.2) is 23.0 Å². The molecule has 0 saturated heterocycles. The van der Waals surface area contributed by atoms with E-state index < -0.39 is 11.9 Å². The first kappa shape index (κ1) is 11.2. The first-order chi connectivity index (χ1) is 7.65. The van der Waals surface area contributed by atoms with Gasteiger partial charge in [0.2, 0.25) is 5.91 Å². The SMILES string of the molecule is O=C(CC1CCC1)NC1C=CC(C(=O)O)C1. The van der Waals surface area contributed by atoms with Crippen LogP contribution >= 0.6 is 0 Å². The number of carboxylic acid groups (broad SMARTS) is 1. The molecular weight excluding hydrogens is 206 g/mol. The molecule has 0 aromatic heterocycles. The van der Waals surface area contributed by atoms with Crippen molar-refractivity contribution < 1.29 is 14.7 Å². The maximum Gasteiger partial charge on any atom is 0.310 e. The summed E-state index contributed by atoms with van der Waals surface area (Å²) in [5.74, 6) is -0.632. The van der Waals surface area contributed by atoms with Crippen molar-refractivity contribution in [1.29, 1.82) is 0 Å². The highest BCUT2D eigenvalue weighted by atomic mass is 16.4.